The molecule has 4 nitrogen and oxygen atoms in total. The highest BCUT2D eigenvalue weighted by atomic mass is 16.2. The highest BCUT2D eigenvalue weighted by Crippen LogP contribution is 2.36. The Morgan fingerprint density at radius 1 is 1.35 bits per heavy atom. The Bertz CT molecular complexity index is 518. The van der Waals surface area contributed by atoms with Gasteiger partial charge in [-0.05, 0) is 25.0 Å². The number of carbonyl (C=O) groups excluding carboxylic acids is 1. The van der Waals surface area contributed by atoms with Gasteiger partial charge in [0.25, 0.3) is 0 Å². The molecule has 1 fully saturated rings. The first-order chi connectivity index (χ1) is 8.29. The number of nitriles is 1. The fourth-order valence-corrected chi connectivity index (χ4v) is 2.76. The molecule has 2 aliphatic rings. The molecular weight excluding hydrogens is 214 g/mol. The van der Waals surface area contributed by atoms with E-state index in [0.717, 1.165) is 24.9 Å². The highest BCUT2D eigenvalue weighted by Gasteiger charge is 2.36. The maximum absolute atomic E-state index is 12.1. The van der Waals surface area contributed by atoms with E-state index in [1.807, 2.05) is 12.1 Å². The van der Waals surface area contributed by atoms with Gasteiger partial charge in [0.05, 0.1) is 22.9 Å². The molecule has 0 spiro atoms. The molecule has 1 aromatic carbocycles. The first kappa shape index (κ1) is 10.2. The van der Waals surface area contributed by atoms with Crippen molar-refractivity contribution in [3.8, 4) is 6.07 Å². The molecule has 1 heterocycles. The summed E-state index contributed by atoms with van der Waals surface area (Å²) in [6.07, 6.45) is 3.04. The van der Waals surface area contributed by atoms with Crippen LogP contribution in [-0.2, 0) is 4.79 Å². The number of carbonyl (C=O) groups is 1. The monoisotopic (exact) mass is 227 g/mol. The molecule has 17 heavy (non-hydrogen) atoms. The molecule has 4 heteroatoms. The van der Waals surface area contributed by atoms with Crippen LogP contribution in [0.3, 0.4) is 0 Å². The second-order valence-corrected chi connectivity index (χ2v) is 4.62. The Morgan fingerprint density at radius 3 is 3.06 bits per heavy atom. The van der Waals surface area contributed by atoms with Gasteiger partial charge in [-0.15, -0.1) is 0 Å². The molecule has 0 radical (unpaired) electrons. The second kappa shape index (κ2) is 3.77. The minimum Gasteiger partial charge on any atom is -0.380 e. The number of nitrogens with zero attached hydrogens (tertiary/aromatic N) is 1. The van der Waals surface area contributed by atoms with E-state index in [-0.39, 0.29) is 17.9 Å². The molecule has 2 atom stereocenters. The van der Waals surface area contributed by atoms with Gasteiger partial charge in [-0.1, -0.05) is 12.5 Å². The number of hydrogen-bond donors (Lipinski definition) is 2. The molecule has 1 saturated carbocycles. The molecule has 2 N–H and O–H groups in total. The summed E-state index contributed by atoms with van der Waals surface area (Å²) >= 11 is 0. The van der Waals surface area contributed by atoms with Crippen molar-refractivity contribution < 1.29 is 4.79 Å². The molecule has 1 aliphatic carbocycles. The van der Waals surface area contributed by atoms with Crippen molar-refractivity contribution >= 4 is 17.3 Å². The fourth-order valence-electron chi connectivity index (χ4n) is 2.76. The number of anilines is 2. The number of para-hydroxylation sites is 1. The lowest BCUT2D eigenvalue weighted by molar-refractivity contribution is -0.119. The van der Waals surface area contributed by atoms with Crippen LogP contribution >= 0.6 is 0 Å². The second-order valence-electron chi connectivity index (χ2n) is 4.62. The number of nitrogens with one attached hydrogen (secondary N) is 2. The Hall–Kier alpha value is -2.02. The quantitative estimate of drug-likeness (QED) is 0.713. The van der Waals surface area contributed by atoms with Crippen LogP contribution in [0, 0.1) is 17.2 Å². The van der Waals surface area contributed by atoms with Gasteiger partial charge in [0.2, 0.25) is 5.91 Å². The predicted molar refractivity (Wildman–Crippen MR) is 64.5 cm³/mol. The van der Waals surface area contributed by atoms with Gasteiger partial charge in [-0.3, -0.25) is 4.79 Å². The van der Waals surface area contributed by atoms with Gasteiger partial charge in [-0.25, -0.2) is 0 Å². The minimum atomic E-state index is 0.0361. The maximum atomic E-state index is 12.1. The average Bonchev–Trinajstić information content (AvgIpc) is 2.74. The van der Waals surface area contributed by atoms with Crippen molar-refractivity contribution in [2.24, 2.45) is 5.92 Å². The standard InChI is InChI=1S/C13H13N3O/c14-7-8-3-1-6-11-12(8)16-13(17)9-4-2-5-10(9)15-11/h1,3,6,9-10,15H,2,4-5H2,(H,16,17). The van der Waals surface area contributed by atoms with Crippen LogP contribution in [0.15, 0.2) is 18.2 Å². The molecule has 1 aromatic rings. The van der Waals surface area contributed by atoms with Gasteiger partial charge in [0, 0.05) is 6.04 Å². The number of rotatable bonds is 0. The molecule has 3 rings (SSSR count). The molecule has 0 aromatic heterocycles. The van der Waals surface area contributed by atoms with Crippen molar-refractivity contribution in [2.75, 3.05) is 10.6 Å². The Labute approximate surface area is 99.6 Å². The van der Waals surface area contributed by atoms with E-state index < -0.39 is 0 Å². The van der Waals surface area contributed by atoms with Crippen molar-refractivity contribution in [3.63, 3.8) is 0 Å². The zero-order chi connectivity index (χ0) is 11.8. The van der Waals surface area contributed by atoms with Gasteiger partial charge >= 0.3 is 0 Å². The predicted octanol–water partition coefficient (Wildman–Crippen LogP) is 2.09. The van der Waals surface area contributed by atoms with Gasteiger partial charge in [-0.2, -0.15) is 5.26 Å². The van der Waals surface area contributed by atoms with Crippen LogP contribution in [0.4, 0.5) is 11.4 Å². The average molecular weight is 227 g/mol. The van der Waals surface area contributed by atoms with Crippen molar-refractivity contribution in [3.05, 3.63) is 23.8 Å². The van der Waals surface area contributed by atoms with E-state index in [0.29, 0.717) is 11.3 Å². The van der Waals surface area contributed by atoms with Crippen molar-refractivity contribution in [2.45, 2.75) is 25.3 Å². The summed E-state index contributed by atoms with van der Waals surface area (Å²) in [6, 6.07) is 7.80. The normalized spacial score (nSPS) is 25.9. The number of fused-ring (bicyclic) bond motifs is 2. The molecule has 1 amide bonds. The lowest BCUT2D eigenvalue weighted by Gasteiger charge is -2.16. The van der Waals surface area contributed by atoms with E-state index in [1.54, 1.807) is 6.07 Å². The summed E-state index contributed by atoms with van der Waals surface area (Å²) in [5.74, 6) is 0.0791. The van der Waals surface area contributed by atoms with Crippen LogP contribution in [0.2, 0.25) is 0 Å². The molecular formula is C13H13N3O. The summed E-state index contributed by atoms with van der Waals surface area (Å²) in [5.41, 5.74) is 2.02. The van der Waals surface area contributed by atoms with Gasteiger partial charge in [0.15, 0.2) is 0 Å². The van der Waals surface area contributed by atoms with E-state index in [1.165, 1.54) is 0 Å². The van der Waals surface area contributed by atoms with Crippen molar-refractivity contribution in [1.82, 2.24) is 0 Å². The minimum absolute atomic E-state index is 0.0361. The lowest BCUT2D eigenvalue weighted by Crippen LogP contribution is -2.30. The molecule has 1 aliphatic heterocycles. The zero-order valence-electron chi connectivity index (χ0n) is 9.36. The first-order valence-corrected chi connectivity index (χ1v) is 5.90. The Balaban J connectivity index is 2.07. The summed E-state index contributed by atoms with van der Waals surface area (Å²) in [4.78, 5) is 12.1. The van der Waals surface area contributed by atoms with Crippen LogP contribution < -0.4 is 10.6 Å². The van der Waals surface area contributed by atoms with Crippen LogP contribution in [0.25, 0.3) is 0 Å². The van der Waals surface area contributed by atoms with E-state index in [2.05, 4.69) is 16.7 Å². The van der Waals surface area contributed by atoms with Crippen LogP contribution in [0.1, 0.15) is 24.8 Å². The van der Waals surface area contributed by atoms with E-state index in [4.69, 9.17) is 5.26 Å². The zero-order valence-corrected chi connectivity index (χ0v) is 9.36. The third-order valence-electron chi connectivity index (χ3n) is 3.63. The molecule has 0 bridgehead atoms. The number of amides is 1. The number of hydrogen-bond acceptors (Lipinski definition) is 3. The molecule has 86 valence electrons. The summed E-state index contributed by atoms with van der Waals surface area (Å²) in [5, 5.41) is 15.3. The molecule has 2 unspecified atom stereocenters. The third-order valence-corrected chi connectivity index (χ3v) is 3.63. The maximum Gasteiger partial charge on any atom is 0.229 e. The van der Waals surface area contributed by atoms with E-state index in [9.17, 15) is 4.79 Å². The highest BCUT2D eigenvalue weighted by molar-refractivity contribution is 5.99. The Kier molecular flexibility index (Phi) is 2.25. The smallest absolute Gasteiger partial charge is 0.229 e. The van der Waals surface area contributed by atoms with Gasteiger partial charge in [0.1, 0.15) is 6.07 Å². The van der Waals surface area contributed by atoms with Crippen LogP contribution in [-0.4, -0.2) is 11.9 Å². The largest absolute Gasteiger partial charge is 0.380 e. The van der Waals surface area contributed by atoms with Crippen molar-refractivity contribution in [1.29, 1.82) is 5.26 Å². The fraction of sp³-hybridized carbons (Fsp3) is 0.385. The third kappa shape index (κ3) is 1.55. The first-order valence-electron chi connectivity index (χ1n) is 5.90. The van der Waals surface area contributed by atoms with Gasteiger partial charge < -0.3 is 10.6 Å². The summed E-state index contributed by atoms with van der Waals surface area (Å²) in [7, 11) is 0. The lowest BCUT2D eigenvalue weighted by atomic mass is 10.0. The Morgan fingerprint density at radius 2 is 2.24 bits per heavy atom. The van der Waals surface area contributed by atoms with Crippen LogP contribution in [0.5, 0.6) is 0 Å². The summed E-state index contributed by atoms with van der Waals surface area (Å²) < 4.78 is 0. The summed E-state index contributed by atoms with van der Waals surface area (Å²) in [6.45, 7) is 0. The topological polar surface area (TPSA) is 64.9 Å². The SMILES string of the molecule is N#Cc1cccc2c1NC(=O)C1CCCC1N2. The van der Waals surface area contributed by atoms with E-state index >= 15 is 0 Å². The molecule has 0 saturated heterocycles. The number of benzene rings is 1.